The number of allylic oxidation sites excluding steroid dienone is 1. The average molecular weight is 294 g/mol. The van der Waals surface area contributed by atoms with Gasteiger partial charge in [0.2, 0.25) is 5.91 Å². The maximum absolute atomic E-state index is 11.4. The molecule has 4 heteroatoms. The molecule has 120 valence electrons. The molecular weight excluding hydrogens is 262 g/mol. The molecule has 0 spiro atoms. The SMILES string of the molecule is CCCCCC/C=C/C1NC=C[N+]1(CC)C(C)NC(C)=O. The molecular formula is C17H32N3O+. The Morgan fingerprint density at radius 2 is 2.14 bits per heavy atom. The summed E-state index contributed by atoms with van der Waals surface area (Å²) >= 11 is 0. The maximum atomic E-state index is 11.4. The lowest BCUT2D eigenvalue weighted by Crippen LogP contribution is -2.62. The molecule has 3 atom stereocenters. The summed E-state index contributed by atoms with van der Waals surface area (Å²) in [5.74, 6) is 0.0241. The fraction of sp³-hybridized carbons (Fsp3) is 0.706. The van der Waals surface area contributed by atoms with Crippen LogP contribution in [0.1, 0.15) is 59.8 Å². The van der Waals surface area contributed by atoms with Gasteiger partial charge in [-0.15, -0.1) is 0 Å². The molecule has 0 fully saturated rings. The molecule has 0 aliphatic carbocycles. The van der Waals surface area contributed by atoms with E-state index in [9.17, 15) is 4.79 Å². The Balaban J connectivity index is 2.59. The first-order valence-electron chi connectivity index (χ1n) is 8.31. The van der Waals surface area contributed by atoms with Crippen molar-refractivity contribution in [2.24, 2.45) is 0 Å². The fourth-order valence-electron chi connectivity index (χ4n) is 3.00. The summed E-state index contributed by atoms with van der Waals surface area (Å²) in [5, 5.41) is 6.44. The third-order valence-corrected chi connectivity index (χ3v) is 4.36. The normalized spacial score (nSPS) is 26.0. The van der Waals surface area contributed by atoms with E-state index in [1.54, 1.807) is 6.92 Å². The first-order valence-corrected chi connectivity index (χ1v) is 8.31. The van der Waals surface area contributed by atoms with Gasteiger partial charge < -0.3 is 10.6 Å². The summed E-state index contributed by atoms with van der Waals surface area (Å²) in [6, 6.07) is 0. The first-order chi connectivity index (χ1) is 10.1. The lowest BCUT2D eigenvalue weighted by Gasteiger charge is -2.40. The third-order valence-electron chi connectivity index (χ3n) is 4.36. The van der Waals surface area contributed by atoms with E-state index < -0.39 is 0 Å². The van der Waals surface area contributed by atoms with Gasteiger partial charge in [-0.05, 0) is 25.8 Å². The number of amides is 1. The topological polar surface area (TPSA) is 41.1 Å². The Labute approximate surface area is 129 Å². The van der Waals surface area contributed by atoms with E-state index in [0.29, 0.717) is 0 Å². The van der Waals surface area contributed by atoms with Crippen molar-refractivity contribution in [3.05, 3.63) is 24.6 Å². The Morgan fingerprint density at radius 1 is 1.38 bits per heavy atom. The predicted molar refractivity (Wildman–Crippen MR) is 88.0 cm³/mol. The number of hydrogen-bond acceptors (Lipinski definition) is 2. The Bertz CT molecular complexity index is 378. The zero-order valence-corrected chi connectivity index (χ0v) is 14.1. The van der Waals surface area contributed by atoms with Gasteiger partial charge in [0.15, 0.2) is 12.3 Å². The summed E-state index contributed by atoms with van der Waals surface area (Å²) in [5.41, 5.74) is 0. The third kappa shape index (κ3) is 4.88. The molecule has 0 aromatic heterocycles. The zero-order chi connectivity index (χ0) is 15.7. The molecule has 1 heterocycles. The number of likely N-dealkylation sites (N-methyl/N-ethyl adjacent to an activating group) is 1. The van der Waals surface area contributed by atoms with Gasteiger partial charge in [-0.2, -0.15) is 0 Å². The van der Waals surface area contributed by atoms with Crippen LogP contribution < -0.4 is 10.6 Å². The maximum Gasteiger partial charge on any atom is 0.221 e. The summed E-state index contributed by atoms with van der Waals surface area (Å²) in [7, 11) is 0. The highest BCUT2D eigenvalue weighted by Gasteiger charge is 2.40. The molecule has 1 aliphatic heterocycles. The second-order valence-electron chi connectivity index (χ2n) is 5.89. The van der Waals surface area contributed by atoms with Gasteiger partial charge in [-0.3, -0.25) is 9.28 Å². The van der Waals surface area contributed by atoms with E-state index >= 15 is 0 Å². The van der Waals surface area contributed by atoms with Crippen LogP contribution in [0.2, 0.25) is 0 Å². The Morgan fingerprint density at radius 3 is 2.76 bits per heavy atom. The van der Waals surface area contributed by atoms with Crippen molar-refractivity contribution in [1.29, 1.82) is 0 Å². The van der Waals surface area contributed by atoms with Crippen LogP contribution in [0.25, 0.3) is 0 Å². The quantitative estimate of drug-likeness (QED) is 0.389. The van der Waals surface area contributed by atoms with Gasteiger partial charge in [0.1, 0.15) is 6.20 Å². The number of nitrogens with zero attached hydrogens (tertiary/aromatic N) is 1. The van der Waals surface area contributed by atoms with Gasteiger partial charge in [-0.1, -0.05) is 32.3 Å². The van der Waals surface area contributed by atoms with E-state index in [1.807, 2.05) is 6.20 Å². The van der Waals surface area contributed by atoms with Crippen LogP contribution in [0, 0.1) is 0 Å². The van der Waals surface area contributed by atoms with E-state index in [2.05, 4.69) is 49.8 Å². The van der Waals surface area contributed by atoms with Gasteiger partial charge in [-0.25, -0.2) is 0 Å². The van der Waals surface area contributed by atoms with E-state index in [-0.39, 0.29) is 18.2 Å². The van der Waals surface area contributed by atoms with Crippen molar-refractivity contribution in [3.63, 3.8) is 0 Å². The summed E-state index contributed by atoms with van der Waals surface area (Å²) in [6.07, 6.45) is 15.3. The van der Waals surface area contributed by atoms with Crippen LogP contribution in [-0.2, 0) is 4.79 Å². The second kappa shape index (κ2) is 8.88. The lowest BCUT2D eigenvalue weighted by molar-refractivity contribution is -0.917. The van der Waals surface area contributed by atoms with E-state index in [4.69, 9.17) is 0 Å². The minimum atomic E-state index is 0.0241. The van der Waals surface area contributed by atoms with Crippen molar-refractivity contribution < 1.29 is 9.28 Å². The highest BCUT2D eigenvalue weighted by atomic mass is 16.1. The fourth-order valence-corrected chi connectivity index (χ4v) is 3.00. The molecule has 0 saturated heterocycles. The number of carbonyl (C=O) groups excluding carboxylic acids is 1. The van der Waals surface area contributed by atoms with Gasteiger partial charge in [0.25, 0.3) is 0 Å². The first kappa shape index (κ1) is 17.8. The smallest absolute Gasteiger partial charge is 0.221 e. The number of quaternary nitrogens is 1. The van der Waals surface area contributed by atoms with Crippen molar-refractivity contribution in [1.82, 2.24) is 10.6 Å². The summed E-state index contributed by atoms with van der Waals surface area (Å²) in [4.78, 5) is 11.4. The van der Waals surface area contributed by atoms with E-state index in [0.717, 1.165) is 17.4 Å². The standard InChI is InChI=1S/C17H31N3O/c1-5-7-8-9-10-11-12-17-18-13-14-20(17,6-2)15(3)19-16(4)21/h11-15,17-18H,5-10H2,1-4H3/p+1/b12-11+. The summed E-state index contributed by atoms with van der Waals surface area (Å²) in [6.45, 7) is 8.99. The minimum Gasteiger partial charge on any atom is -0.334 e. The number of rotatable bonds is 9. The molecule has 1 rings (SSSR count). The van der Waals surface area contributed by atoms with Crippen LogP contribution in [0.3, 0.4) is 0 Å². The average Bonchev–Trinajstić information content (AvgIpc) is 2.86. The van der Waals surface area contributed by atoms with Gasteiger partial charge in [0, 0.05) is 13.8 Å². The molecule has 0 saturated carbocycles. The van der Waals surface area contributed by atoms with Crippen molar-refractivity contribution >= 4 is 5.91 Å². The molecule has 0 bridgehead atoms. The van der Waals surface area contributed by atoms with Crippen LogP contribution in [0.15, 0.2) is 24.6 Å². The number of hydrogen-bond donors (Lipinski definition) is 2. The predicted octanol–water partition coefficient (Wildman–Crippen LogP) is 3.23. The highest BCUT2D eigenvalue weighted by Crippen LogP contribution is 2.23. The molecule has 21 heavy (non-hydrogen) atoms. The van der Waals surface area contributed by atoms with Gasteiger partial charge >= 0.3 is 0 Å². The van der Waals surface area contributed by atoms with Crippen LogP contribution in [0.5, 0.6) is 0 Å². The highest BCUT2D eigenvalue weighted by molar-refractivity contribution is 5.72. The van der Waals surface area contributed by atoms with E-state index in [1.165, 1.54) is 25.7 Å². The monoisotopic (exact) mass is 294 g/mol. The second-order valence-corrected chi connectivity index (χ2v) is 5.89. The van der Waals surface area contributed by atoms with Crippen molar-refractivity contribution in [2.45, 2.75) is 72.1 Å². The van der Waals surface area contributed by atoms with Crippen LogP contribution in [0.4, 0.5) is 0 Å². The van der Waals surface area contributed by atoms with Crippen molar-refractivity contribution in [3.8, 4) is 0 Å². The molecule has 1 amide bonds. The minimum absolute atomic E-state index is 0.0241. The number of carbonyl (C=O) groups is 1. The van der Waals surface area contributed by atoms with Gasteiger partial charge in [0.05, 0.1) is 12.7 Å². The molecule has 2 N–H and O–H groups in total. The van der Waals surface area contributed by atoms with Crippen LogP contribution >= 0.6 is 0 Å². The molecule has 0 radical (unpaired) electrons. The Hall–Kier alpha value is -1.29. The molecule has 3 unspecified atom stereocenters. The molecule has 1 aliphatic rings. The molecule has 4 nitrogen and oxygen atoms in total. The van der Waals surface area contributed by atoms with Crippen LogP contribution in [-0.4, -0.2) is 29.3 Å². The largest absolute Gasteiger partial charge is 0.334 e. The zero-order valence-electron chi connectivity index (χ0n) is 14.1. The lowest BCUT2D eigenvalue weighted by atomic mass is 10.1. The number of unbranched alkanes of at least 4 members (excludes halogenated alkanes) is 4. The molecule has 0 aromatic rings. The Kier molecular flexibility index (Phi) is 7.51. The molecule has 0 aromatic carbocycles. The number of nitrogens with one attached hydrogen (secondary N) is 2. The summed E-state index contributed by atoms with van der Waals surface area (Å²) < 4.78 is 0.727. The van der Waals surface area contributed by atoms with Crippen molar-refractivity contribution in [2.75, 3.05) is 6.54 Å².